The lowest BCUT2D eigenvalue weighted by Crippen LogP contribution is -2.36. The van der Waals surface area contributed by atoms with Crippen LogP contribution in [0.25, 0.3) is 0 Å². The summed E-state index contributed by atoms with van der Waals surface area (Å²) in [6.45, 7) is 47.4. The molecule has 0 saturated carbocycles. The minimum atomic E-state index is -0.0916. The molecule has 0 radical (unpaired) electrons. The Hall–Kier alpha value is -1.84. The maximum atomic E-state index is 11.9. The van der Waals surface area contributed by atoms with Gasteiger partial charge in [0.05, 0.1) is 145 Å². The van der Waals surface area contributed by atoms with Crippen molar-refractivity contribution in [2.45, 2.75) is 129 Å². The van der Waals surface area contributed by atoms with Crippen LogP contribution in [0.1, 0.15) is 123 Å². The van der Waals surface area contributed by atoms with Gasteiger partial charge in [-0.2, -0.15) is 0 Å². The van der Waals surface area contributed by atoms with Crippen molar-refractivity contribution in [1.29, 1.82) is 0 Å². The smallest absolute Gasteiger partial charge is 0.222 e. The van der Waals surface area contributed by atoms with Crippen molar-refractivity contribution in [2.24, 2.45) is 0 Å². The van der Waals surface area contributed by atoms with E-state index in [0.29, 0.717) is 158 Å². The van der Waals surface area contributed by atoms with E-state index in [9.17, 15) is 9.59 Å². The summed E-state index contributed by atoms with van der Waals surface area (Å²) in [5.41, 5.74) is 0. The molecule has 17 heteroatoms. The highest BCUT2D eigenvalue weighted by atomic mass is 16.6. The monoisotopic (exact) mass is 980 g/mol. The minimum absolute atomic E-state index is 0.0376. The summed E-state index contributed by atoms with van der Waals surface area (Å²) in [5, 5.41) is 8.69. The Labute approximate surface area is 413 Å². The molecule has 0 aliphatic rings. The molecule has 0 aromatic rings. The molecule has 0 spiro atoms. The van der Waals surface area contributed by atoms with Gasteiger partial charge in [-0.3, -0.25) is 9.59 Å². The Morgan fingerprint density at radius 2 is 0.642 bits per heavy atom. The molecule has 0 atom stereocenters. The van der Waals surface area contributed by atoms with Gasteiger partial charge in [-0.25, -0.2) is 0 Å². The number of likely N-dealkylation sites (N-methyl/N-ethyl adjacent to an activating group) is 1. The van der Waals surface area contributed by atoms with Gasteiger partial charge in [0.25, 0.3) is 0 Å². The van der Waals surface area contributed by atoms with Gasteiger partial charge < -0.3 is 72.8 Å². The van der Waals surface area contributed by atoms with E-state index in [-0.39, 0.29) is 30.7 Å². The maximum absolute atomic E-state index is 11.9. The van der Waals surface area contributed by atoms with Crippen molar-refractivity contribution >= 4 is 11.8 Å². The van der Waals surface area contributed by atoms with Crippen LogP contribution in [0.2, 0.25) is 0 Å². The molecular weight excluding hydrogens is 867 g/mol. The number of nitrogens with one attached hydrogen (secondary N) is 3. The molecule has 0 aliphatic heterocycles. The predicted octanol–water partition coefficient (Wildman–Crippen LogP) is 7.57. The molecule has 3 N–H and O–H groups in total. The minimum Gasteiger partial charge on any atom is -0.379 e. The fraction of sp³-hybridized carbons (Fsp3) is 0.920. The zero-order valence-corrected chi connectivity index (χ0v) is 46.6. The molecule has 0 unspecified atom stereocenters. The average Bonchev–Trinajstić information content (AvgIpc) is 3.38. The predicted molar refractivity (Wildman–Crippen MR) is 278 cm³/mol. The molecule has 0 fully saturated rings. The van der Waals surface area contributed by atoms with E-state index in [2.05, 4.69) is 22.5 Å². The van der Waals surface area contributed by atoms with E-state index >= 15 is 0 Å². The molecule has 0 saturated heterocycles. The molecule has 0 heterocycles. The summed E-state index contributed by atoms with van der Waals surface area (Å²) < 4.78 is 64.0. The Morgan fingerprint density at radius 1 is 0.388 bits per heavy atom. The molecule has 0 rings (SSSR count). The van der Waals surface area contributed by atoms with Crippen molar-refractivity contribution in [2.75, 3.05) is 179 Å². The third kappa shape index (κ3) is 94.7. The number of rotatable bonds is 44. The normalized spacial score (nSPS) is 9.63. The van der Waals surface area contributed by atoms with Gasteiger partial charge in [0.2, 0.25) is 11.8 Å². The molecule has 0 aromatic heterocycles. The van der Waals surface area contributed by atoms with E-state index < -0.39 is 0 Å². The summed E-state index contributed by atoms with van der Waals surface area (Å²) in [6, 6.07) is -0.0376. The van der Waals surface area contributed by atoms with Crippen molar-refractivity contribution in [1.82, 2.24) is 16.0 Å². The number of hydrogen-bond donors (Lipinski definition) is 3. The molecule has 0 aromatic carbocycles. The highest BCUT2D eigenvalue weighted by Crippen LogP contribution is 1.93. The molecule has 2 amide bonds. The highest BCUT2D eigenvalue weighted by Gasteiger charge is 2.09. The number of carbonyl (C=O) groups is 2. The van der Waals surface area contributed by atoms with Crippen LogP contribution >= 0.6 is 0 Å². The van der Waals surface area contributed by atoms with Crippen LogP contribution in [0.3, 0.4) is 0 Å². The van der Waals surface area contributed by atoms with E-state index in [0.717, 1.165) is 19.6 Å². The Bertz CT molecular complexity index is 750. The van der Waals surface area contributed by atoms with Gasteiger partial charge in [-0.05, 0) is 34.2 Å². The quantitative estimate of drug-likeness (QED) is 0.0402. The standard InChI is InChI=1S/C26H53N3O10.C12H24O4.6C2H6/c1-4-32-14-16-36-20-18-34-12-8-28-25(30)6-10-38-22-24(27-3)23-39-11-7-26(31)29-9-13-35-19-21-37-17-15-33-5-2;1-3-5-6-14-9-10-16-12-11-15-8-7-13-4-2;6*1-2/h24,27H,4-23H2,1-3H3,(H,28,30)(H,29,31);3H,1,4-12H2,2H3;6*1-2H3. The lowest BCUT2D eigenvalue weighted by Gasteiger charge is -2.16. The molecule has 67 heavy (non-hydrogen) atoms. The van der Waals surface area contributed by atoms with Gasteiger partial charge in [-0.1, -0.05) is 89.2 Å². The molecule has 17 nitrogen and oxygen atoms in total. The highest BCUT2D eigenvalue weighted by molar-refractivity contribution is 5.76. The van der Waals surface area contributed by atoms with Crippen LogP contribution in [-0.4, -0.2) is 197 Å². The largest absolute Gasteiger partial charge is 0.379 e. The second-order valence-electron chi connectivity index (χ2n) is 11.3. The number of hydrogen-bond acceptors (Lipinski definition) is 15. The van der Waals surface area contributed by atoms with Gasteiger partial charge in [0, 0.05) is 45.8 Å². The maximum Gasteiger partial charge on any atom is 0.222 e. The number of carbonyl (C=O) groups excluding carboxylic acids is 2. The molecule has 412 valence electrons. The fourth-order valence-corrected chi connectivity index (χ4v) is 3.84. The summed E-state index contributed by atoms with van der Waals surface area (Å²) in [6.07, 6.45) is 3.26. The van der Waals surface area contributed by atoms with Gasteiger partial charge in [0.15, 0.2) is 0 Å². The van der Waals surface area contributed by atoms with Crippen LogP contribution in [0.4, 0.5) is 0 Å². The first-order valence-electron chi connectivity index (χ1n) is 25.8. The third-order valence-electron chi connectivity index (χ3n) is 6.81. The van der Waals surface area contributed by atoms with Crippen LogP contribution in [0.15, 0.2) is 12.7 Å². The first kappa shape index (κ1) is 82.1. The lowest BCUT2D eigenvalue weighted by atomic mass is 10.3. The zero-order chi connectivity index (χ0) is 52.6. The van der Waals surface area contributed by atoms with Crippen LogP contribution in [-0.2, 0) is 66.4 Å². The topological polar surface area (TPSA) is 181 Å². The van der Waals surface area contributed by atoms with Crippen molar-refractivity contribution in [3.63, 3.8) is 0 Å². The third-order valence-corrected chi connectivity index (χ3v) is 6.81. The molecular formula is C50H113N3O14. The molecule has 0 aliphatic carbocycles. The zero-order valence-electron chi connectivity index (χ0n) is 46.6. The van der Waals surface area contributed by atoms with E-state index in [1.165, 1.54) is 0 Å². The van der Waals surface area contributed by atoms with Crippen LogP contribution < -0.4 is 16.0 Å². The van der Waals surface area contributed by atoms with Crippen molar-refractivity contribution < 1.29 is 66.4 Å². The summed E-state index contributed by atoms with van der Waals surface area (Å²) >= 11 is 0. The summed E-state index contributed by atoms with van der Waals surface area (Å²) in [4.78, 5) is 23.7. The molecule has 0 bridgehead atoms. The second-order valence-corrected chi connectivity index (χ2v) is 11.3. The summed E-state index contributed by atoms with van der Waals surface area (Å²) in [5.74, 6) is -0.183. The number of amides is 2. The van der Waals surface area contributed by atoms with Gasteiger partial charge in [-0.15, -0.1) is 6.58 Å². The fourth-order valence-electron chi connectivity index (χ4n) is 3.84. The second kappa shape index (κ2) is 94.1. The van der Waals surface area contributed by atoms with Gasteiger partial charge in [0.1, 0.15) is 0 Å². The average molecular weight is 980 g/mol. The van der Waals surface area contributed by atoms with Gasteiger partial charge >= 0.3 is 0 Å². The van der Waals surface area contributed by atoms with Crippen molar-refractivity contribution in [3.8, 4) is 0 Å². The Kier molecular flexibility index (Phi) is 115. The van der Waals surface area contributed by atoms with Crippen LogP contribution in [0, 0.1) is 0 Å². The van der Waals surface area contributed by atoms with Crippen molar-refractivity contribution in [3.05, 3.63) is 12.7 Å². The lowest BCUT2D eigenvalue weighted by molar-refractivity contribution is -0.123. The van der Waals surface area contributed by atoms with E-state index in [1.54, 1.807) is 0 Å². The summed E-state index contributed by atoms with van der Waals surface area (Å²) in [7, 11) is 1.81. The first-order chi connectivity index (χ1) is 33.0. The SMILES string of the molecule is C=CCCOCCOCCOCCOCC.CC.CC.CC.CC.CC.CC.CCOCCOCCOCCNC(=O)CCOCC(COCCC(=O)NCCOCCOCCOCC)NC. The first-order valence-corrected chi connectivity index (χ1v) is 25.8. The van der Waals surface area contributed by atoms with E-state index in [4.69, 9.17) is 56.8 Å². The number of ether oxygens (including phenoxy) is 12. The van der Waals surface area contributed by atoms with E-state index in [1.807, 2.05) is 117 Å². The van der Waals surface area contributed by atoms with Crippen LogP contribution in [0.5, 0.6) is 0 Å². The Balaban J connectivity index is -0.000000171. The Morgan fingerprint density at radius 3 is 0.896 bits per heavy atom.